The number of carbonyl (C=O) groups is 1. The molecule has 1 fully saturated rings. The zero-order chi connectivity index (χ0) is 26.9. The normalized spacial score (nSPS) is 19.2. The van der Waals surface area contributed by atoms with Gasteiger partial charge in [-0.3, -0.25) is 4.79 Å². The average Bonchev–Trinajstić information content (AvgIpc) is 3.10. The molecule has 1 aromatic carbocycles. The molecule has 1 aliphatic heterocycles. The van der Waals surface area contributed by atoms with Gasteiger partial charge in [0.25, 0.3) is 5.91 Å². The molecule has 196 valence electrons. The third-order valence-electron chi connectivity index (χ3n) is 6.04. The Bertz CT molecular complexity index is 1180. The lowest BCUT2D eigenvalue weighted by Crippen LogP contribution is -2.48. The maximum Gasteiger partial charge on any atom is 0.260 e. The Labute approximate surface area is 217 Å². The number of hydrogen-bond donors (Lipinski definition) is 1. The lowest BCUT2D eigenvalue weighted by atomic mass is 9.95. The summed E-state index contributed by atoms with van der Waals surface area (Å²) < 4.78 is 29.3. The summed E-state index contributed by atoms with van der Waals surface area (Å²) in [5, 5.41) is -0.157. The first-order valence-corrected chi connectivity index (χ1v) is 12.5. The van der Waals surface area contributed by atoms with Crippen LogP contribution in [0.4, 0.5) is 4.39 Å². The SMILES string of the molecule is C=C(N)c1c(C)nc(C(C)c2cc(Cl)c(F)c(C(=O)N3CC(C)OC(C)C3)c2OC(C)C)n1/C=C\C. The van der Waals surface area contributed by atoms with E-state index in [1.54, 1.807) is 4.90 Å². The first kappa shape index (κ1) is 27.7. The Balaban J connectivity index is 2.24. The second kappa shape index (κ2) is 11.0. The maximum absolute atomic E-state index is 15.6. The molecule has 0 saturated carbocycles. The van der Waals surface area contributed by atoms with Crippen LogP contribution in [0.5, 0.6) is 5.75 Å². The van der Waals surface area contributed by atoms with E-state index >= 15 is 4.39 Å². The van der Waals surface area contributed by atoms with Crippen LogP contribution < -0.4 is 10.5 Å². The number of nitrogens with two attached hydrogens (primary N) is 1. The number of ether oxygens (including phenoxy) is 2. The number of allylic oxidation sites excluding steroid dienone is 1. The highest BCUT2D eigenvalue weighted by Gasteiger charge is 2.34. The van der Waals surface area contributed by atoms with Crippen molar-refractivity contribution in [1.82, 2.24) is 14.5 Å². The van der Waals surface area contributed by atoms with Crippen LogP contribution in [0.1, 0.15) is 80.6 Å². The van der Waals surface area contributed by atoms with E-state index in [2.05, 4.69) is 6.58 Å². The monoisotopic (exact) mass is 518 g/mol. The van der Waals surface area contributed by atoms with Gasteiger partial charge in [-0.15, -0.1) is 0 Å². The van der Waals surface area contributed by atoms with Gasteiger partial charge < -0.3 is 24.7 Å². The molecule has 7 nitrogen and oxygen atoms in total. The van der Waals surface area contributed by atoms with Gasteiger partial charge in [-0.25, -0.2) is 9.37 Å². The van der Waals surface area contributed by atoms with Crippen LogP contribution in [0, 0.1) is 12.7 Å². The summed E-state index contributed by atoms with van der Waals surface area (Å²) in [4.78, 5) is 20.1. The van der Waals surface area contributed by atoms with Crippen molar-refractivity contribution in [3.8, 4) is 5.75 Å². The summed E-state index contributed by atoms with van der Waals surface area (Å²) in [6, 6.07) is 1.52. The second-order valence-corrected chi connectivity index (χ2v) is 10.0. The number of imidazole rings is 1. The van der Waals surface area contributed by atoms with E-state index in [1.165, 1.54) is 6.07 Å². The first-order valence-electron chi connectivity index (χ1n) is 12.2. The van der Waals surface area contributed by atoms with E-state index in [0.29, 0.717) is 41.6 Å². The quantitative estimate of drug-likeness (QED) is 0.516. The van der Waals surface area contributed by atoms with Crippen molar-refractivity contribution < 1.29 is 18.7 Å². The zero-order valence-electron chi connectivity index (χ0n) is 22.1. The Kier molecular flexibility index (Phi) is 8.52. The highest BCUT2D eigenvalue weighted by molar-refractivity contribution is 6.31. The molecule has 1 saturated heterocycles. The minimum atomic E-state index is -0.802. The van der Waals surface area contributed by atoms with E-state index < -0.39 is 17.6 Å². The Morgan fingerprint density at radius 1 is 1.33 bits per heavy atom. The maximum atomic E-state index is 15.6. The summed E-state index contributed by atoms with van der Waals surface area (Å²) in [5.74, 6) is -0.907. The van der Waals surface area contributed by atoms with Crippen molar-refractivity contribution in [2.45, 2.75) is 72.7 Å². The smallest absolute Gasteiger partial charge is 0.260 e. The molecule has 2 N–H and O–H groups in total. The van der Waals surface area contributed by atoms with Gasteiger partial charge in [0.15, 0.2) is 5.82 Å². The minimum absolute atomic E-state index is 0.157. The number of aromatic nitrogens is 2. The lowest BCUT2D eigenvalue weighted by molar-refractivity contribution is -0.0588. The van der Waals surface area contributed by atoms with Crippen molar-refractivity contribution in [3.05, 3.63) is 57.9 Å². The number of nitrogens with zero attached hydrogens (tertiary/aromatic N) is 3. The molecule has 3 rings (SSSR count). The number of morpholine rings is 1. The minimum Gasteiger partial charge on any atom is -0.490 e. The molecule has 0 bridgehead atoms. The molecule has 36 heavy (non-hydrogen) atoms. The van der Waals surface area contributed by atoms with Gasteiger partial charge >= 0.3 is 0 Å². The van der Waals surface area contributed by atoms with Gasteiger partial charge in [0.1, 0.15) is 17.1 Å². The predicted molar refractivity (Wildman–Crippen MR) is 142 cm³/mol. The van der Waals surface area contributed by atoms with Crippen LogP contribution in [-0.4, -0.2) is 51.8 Å². The second-order valence-electron chi connectivity index (χ2n) is 9.60. The molecular formula is C27H36ClFN4O3. The van der Waals surface area contributed by atoms with Gasteiger partial charge in [0.2, 0.25) is 0 Å². The van der Waals surface area contributed by atoms with Crippen LogP contribution in [0.15, 0.2) is 18.7 Å². The third kappa shape index (κ3) is 5.44. The van der Waals surface area contributed by atoms with Crippen molar-refractivity contribution in [3.63, 3.8) is 0 Å². The molecule has 2 aromatic rings. The van der Waals surface area contributed by atoms with Crippen LogP contribution in [-0.2, 0) is 4.74 Å². The highest BCUT2D eigenvalue weighted by Crippen LogP contribution is 2.40. The van der Waals surface area contributed by atoms with Crippen molar-refractivity contribution >= 4 is 29.4 Å². The van der Waals surface area contributed by atoms with Gasteiger partial charge in [-0.1, -0.05) is 31.2 Å². The number of halogens is 2. The Hall–Kier alpha value is -2.84. The van der Waals surface area contributed by atoms with E-state index in [0.717, 1.165) is 0 Å². The molecular weight excluding hydrogens is 483 g/mol. The van der Waals surface area contributed by atoms with E-state index in [9.17, 15) is 4.79 Å². The molecule has 1 aromatic heterocycles. The highest BCUT2D eigenvalue weighted by atomic mass is 35.5. The fourth-order valence-electron chi connectivity index (χ4n) is 4.71. The van der Waals surface area contributed by atoms with E-state index in [4.69, 9.17) is 31.8 Å². The van der Waals surface area contributed by atoms with Gasteiger partial charge in [0, 0.05) is 30.8 Å². The average molecular weight is 519 g/mol. The molecule has 9 heteroatoms. The fourth-order valence-corrected chi connectivity index (χ4v) is 4.92. The summed E-state index contributed by atoms with van der Waals surface area (Å²) in [6.45, 7) is 17.6. The summed E-state index contributed by atoms with van der Waals surface area (Å²) in [5.41, 5.74) is 8.20. The number of carbonyl (C=O) groups excluding carboxylic acids is 1. The number of hydrogen-bond acceptors (Lipinski definition) is 5. The van der Waals surface area contributed by atoms with Gasteiger partial charge in [-0.05, 0) is 47.6 Å². The first-order chi connectivity index (χ1) is 16.9. The van der Waals surface area contributed by atoms with Crippen molar-refractivity contribution in [2.75, 3.05) is 13.1 Å². The van der Waals surface area contributed by atoms with Crippen LogP contribution in [0.3, 0.4) is 0 Å². The van der Waals surface area contributed by atoms with Gasteiger partial charge in [0.05, 0.1) is 40.4 Å². The van der Waals surface area contributed by atoms with Crippen molar-refractivity contribution in [2.24, 2.45) is 5.73 Å². The topological polar surface area (TPSA) is 82.6 Å². The largest absolute Gasteiger partial charge is 0.490 e. The molecule has 0 radical (unpaired) electrons. The summed E-state index contributed by atoms with van der Waals surface area (Å²) in [6.07, 6.45) is 3.04. The molecule has 0 aliphatic carbocycles. The third-order valence-corrected chi connectivity index (χ3v) is 6.32. The number of amides is 1. The molecule has 2 heterocycles. The summed E-state index contributed by atoms with van der Waals surface area (Å²) in [7, 11) is 0. The molecule has 3 unspecified atom stereocenters. The molecule has 0 spiro atoms. The van der Waals surface area contributed by atoms with Gasteiger partial charge in [-0.2, -0.15) is 0 Å². The van der Waals surface area contributed by atoms with Crippen molar-refractivity contribution in [1.29, 1.82) is 0 Å². The Morgan fingerprint density at radius 2 is 1.94 bits per heavy atom. The number of rotatable bonds is 7. The molecule has 3 atom stereocenters. The fraction of sp³-hybridized carbons (Fsp3) is 0.481. The number of benzene rings is 1. The Morgan fingerprint density at radius 3 is 2.47 bits per heavy atom. The van der Waals surface area contributed by atoms with Crippen LogP contribution >= 0.6 is 11.6 Å². The van der Waals surface area contributed by atoms with E-state index in [-0.39, 0.29) is 34.6 Å². The van der Waals surface area contributed by atoms with Crippen LogP contribution in [0.25, 0.3) is 11.9 Å². The molecule has 1 aliphatic rings. The van der Waals surface area contributed by atoms with E-state index in [1.807, 2.05) is 65.3 Å². The predicted octanol–water partition coefficient (Wildman–Crippen LogP) is 5.59. The number of aryl methyl sites for hydroxylation is 1. The zero-order valence-corrected chi connectivity index (χ0v) is 22.8. The summed E-state index contributed by atoms with van der Waals surface area (Å²) >= 11 is 6.39. The standard InChI is InChI=1S/C27H36ClFN4O3/c1-9-10-33-24(18(7)30)19(8)31-26(33)17(6)20-11-21(28)23(29)22(25(20)35-14(2)3)27(34)32-12-15(4)36-16(5)13-32/h9-11,14-17H,7,12-13,30H2,1-6,8H3/b10-9-. The van der Waals surface area contributed by atoms with Crippen LogP contribution in [0.2, 0.25) is 5.02 Å². The molecule has 1 amide bonds. The lowest BCUT2D eigenvalue weighted by Gasteiger charge is -2.36.